The van der Waals surface area contributed by atoms with Crippen molar-refractivity contribution in [2.75, 3.05) is 6.61 Å². The largest absolute Gasteiger partial charge is 0.507 e. The highest BCUT2D eigenvalue weighted by atomic mass is 32.1. The van der Waals surface area contributed by atoms with Crippen LogP contribution in [0.2, 0.25) is 0 Å². The highest BCUT2D eigenvalue weighted by Crippen LogP contribution is 2.22. The third-order valence-electron chi connectivity index (χ3n) is 3.35. The van der Waals surface area contributed by atoms with Gasteiger partial charge >= 0.3 is 0 Å². The number of carbonyl (C=O) groups excluding carboxylic acids is 1. The summed E-state index contributed by atoms with van der Waals surface area (Å²) in [4.78, 5) is 17.1. The van der Waals surface area contributed by atoms with E-state index in [4.69, 9.17) is 4.74 Å². The average molecular weight is 358 g/mol. The Hall–Kier alpha value is -2.87. The first-order valence-electron chi connectivity index (χ1n) is 7.84. The maximum atomic E-state index is 11.9. The van der Waals surface area contributed by atoms with Crippen LogP contribution >= 0.6 is 11.3 Å². The molecule has 0 aliphatic heterocycles. The van der Waals surface area contributed by atoms with Crippen LogP contribution in [-0.4, -0.2) is 33.2 Å². The summed E-state index contributed by atoms with van der Waals surface area (Å²) in [7, 11) is 0. The Labute approximate surface area is 148 Å². The van der Waals surface area contributed by atoms with Crippen LogP contribution in [0, 0.1) is 0 Å². The fourth-order valence-corrected chi connectivity index (χ4v) is 2.90. The smallest absolute Gasteiger partial charge is 0.246 e. The summed E-state index contributed by atoms with van der Waals surface area (Å²) < 4.78 is 7.31. The Morgan fingerprint density at radius 1 is 1.52 bits per heavy atom. The second-order valence-electron chi connectivity index (χ2n) is 5.36. The van der Waals surface area contributed by atoms with Gasteiger partial charge in [-0.15, -0.1) is 11.3 Å². The Morgan fingerprint density at radius 2 is 2.40 bits per heavy atom. The highest BCUT2D eigenvalue weighted by Gasteiger charge is 2.08. The molecule has 3 rings (SSSR count). The first-order chi connectivity index (χ1) is 12.2. The van der Waals surface area contributed by atoms with Crippen LogP contribution in [0.15, 0.2) is 41.1 Å². The van der Waals surface area contributed by atoms with Gasteiger partial charge in [-0.2, -0.15) is 5.10 Å². The molecule has 0 radical (unpaired) electrons. The Morgan fingerprint density at radius 3 is 3.16 bits per heavy atom. The molecule has 25 heavy (non-hydrogen) atoms. The van der Waals surface area contributed by atoms with Crippen molar-refractivity contribution < 1.29 is 14.6 Å². The molecule has 0 saturated carbocycles. The lowest BCUT2D eigenvalue weighted by atomic mass is 10.2. The minimum Gasteiger partial charge on any atom is -0.507 e. The maximum absolute atomic E-state index is 11.9. The number of hydrazone groups is 1. The summed E-state index contributed by atoms with van der Waals surface area (Å²) in [6, 6.07) is 4.95. The molecule has 0 aliphatic carbocycles. The molecule has 0 fully saturated rings. The molecule has 0 unspecified atom stereocenters. The standard InChI is InChI=1S/C17H18N4O3S/c1-2-6-24-14-4-3-12(15(22)9-14)10-18-20-16(23)8-13-11-21-5-7-25-17(21)19-13/h3-5,7,9-11,22H,2,6,8H2,1H3,(H,20,23). The van der Waals surface area contributed by atoms with Crippen molar-refractivity contribution in [2.24, 2.45) is 5.10 Å². The maximum Gasteiger partial charge on any atom is 0.246 e. The number of thiazole rings is 1. The lowest BCUT2D eigenvalue weighted by molar-refractivity contribution is -0.120. The molecule has 3 aromatic rings. The van der Waals surface area contributed by atoms with Crippen molar-refractivity contribution in [3.8, 4) is 11.5 Å². The Bertz CT molecular complexity index is 872. The summed E-state index contributed by atoms with van der Waals surface area (Å²) in [5.74, 6) is 0.366. The SMILES string of the molecule is CCCOc1ccc(C=NNC(=O)Cc2cn3ccsc3n2)c(O)c1. The van der Waals surface area contributed by atoms with Crippen LogP contribution in [0.4, 0.5) is 0 Å². The van der Waals surface area contributed by atoms with Gasteiger partial charge in [-0.1, -0.05) is 6.92 Å². The molecule has 0 aliphatic rings. The number of carbonyl (C=O) groups is 1. The molecule has 2 N–H and O–H groups in total. The summed E-state index contributed by atoms with van der Waals surface area (Å²) >= 11 is 1.51. The van der Waals surface area contributed by atoms with Crippen molar-refractivity contribution in [1.82, 2.24) is 14.8 Å². The van der Waals surface area contributed by atoms with E-state index in [-0.39, 0.29) is 18.1 Å². The predicted molar refractivity (Wildman–Crippen MR) is 96.4 cm³/mol. The lowest BCUT2D eigenvalue weighted by Crippen LogP contribution is -2.19. The van der Waals surface area contributed by atoms with Crippen LogP contribution in [0.25, 0.3) is 4.96 Å². The van der Waals surface area contributed by atoms with E-state index in [1.165, 1.54) is 23.6 Å². The molecule has 7 nitrogen and oxygen atoms in total. The summed E-state index contributed by atoms with van der Waals surface area (Å²) in [5, 5.41) is 15.8. The number of aromatic nitrogens is 2. The van der Waals surface area contributed by atoms with E-state index in [1.54, 1.807) is 12.1 Å². The van der Waals surface area contributed by atoms with Gasteiger partial charge in [-0.05, 0) is 18.6 Å². The number of phenolic OH excluding ortho intramolecular Hbond substituents is 1. The van der Waals surface area contributed by atoms with Gasteiger partial charge in [0.2, 0.25) is 5.91 Å². The van der Waals surface area contributed by atoms with E-state index in [0.717, 1.165) is 11.4 Å². The molecule has 8 heteroatoms. The van der Waals surface area contributed by atoms with E-state index in [9.17, 15) is 9.90 Å². The monoisotopic (exact) mass is 358 g/mol. The number of fused-ring (bicyclic) bond motifs is 1. The molecular weight excluding hydrogens is 340 g/mol. The Balaban J connectivity index is 1.55. The predicted octanol–water partition coefficient (Wildman–Crippen LogP) is 2.58. The summed E-state index contributed by atoms with van der Waals surface area (Å²) in [6.07, 6.45) is 6.13. The van der Waals surface area contributed by atoms with Gasteiger partial charge in [-0.3, -0.25) is 9.20 Å². The topological polar surface area (TPSA) is 88.2 Å². The number of nitrogens with zero attached hydrogens (tertiary/aromatic N) is 3. The molecule has 0 spiro atoms. The van der Waals surface area contributed by atoms with Crippen molar-refractivity contribution in [3.63, 3.8) is 0 Å². The fourth-order valence-electron chi connectivity index (χ4n) is 2.18. The van der Waals surface area contributed by atoms with Crippen molar-refractivity contribution in [1.29, 1.82) is 0 Å². The first kappa shape index (κ1) is 17.0. The van der Waals surface area contributed by atoms with Gasteiger partial charge in [0.05, 0.1) is 24.9 Å². The number of nitrogens with one attached hydrogen (secondary N) is 1. The first-order valence-corrected chi connectivity index (χ1v) is 8.72. The number of hydrogen-bond acceptors (Lipinski definition) is 6. The quantitative estimate of drug-likeness (QED) is 0.502. The molecule has 130 valence electrons. The van der Waals surface area contributed by atoms with Gasteiger partial charge in [0.1, 0.15) is 11.5 Å². The number of aromatic hydroxyl groups is 1. The van der Waals surface area contributed by atoms with Gasteiger partial charge in [0, 0.05) is 29.4 Å². The van der Waals surface area contributed by atoms with Crippen LogP contribution in [0.5, 0.6) is 11.5 Å². The molecule has 0 atom stereocenters. The zero-order chi connectivity index (χ0) is 17.6. The fraction of sp³-hybridized carbons (Fsp3) is 0.235. The number of rotatable bonds is 7. The molecule has 2 heterocycles. The molecule has 0 bridgehead atoms. The van der Waals surface area contributed by atoms with Crippen molar-refractivity contribution >= 4 is 28.4 Å². The number of benzene rings is 1. The molecule has 1 aromatic carbocycles. The third-order valence-corrected chi connectivity index (χ3v) is 4.12. The van der Waals surface area contributed by atoms with Crippen molar-refractivity contribution in [2.45, 2.75) is 19.8 Å². The van der Waals surface area contributed by atoms with Crippen LogP contribution in [0.1, 0.15) is 24.6 Å². The highest BCUT2D eigenvalue weighted by molar-refractivity contribution is 7.15. The average Bonchev–Trinajstić information content (AvgIpc) is 3.16. The van der Waals surface area contributed by atoms with E-state index < -0.39 is 0 Å². The van der Waals surface area contributed by atoms with Gasteiger partial charge in [-0.25, -0.2) is 10.4 Å². The zero-order valence-corrected chi connectivity index (χ0v) is 14.5. The second-order valence-corrected chi connectivity index (χ2v) is 6.24. The van der Waals surface area contributed by atoms with E-state index in [2.05, 4.69) is 15.5 Å². The van der Waals surface area contributed by atoms with Gasteiger partial charge in [0.15, 0.2) is 4.96 Å². The van der Waals surface area contributed by atoms with Crippen LogP contribution < -0.4 is 10.2 Å². The number of hydrogen-bond donors (Lipinski definition) is 2. The zero-order valence-electron chi connectivity index (χ0n) is 13.7. The van der Waals surface area contributed by atoms with E-state index in [1.807, 2.05) is 29.1 Å². The number of ether oxygens (including phenoxy) is 1. The summed E-state index contributed by atoms with van der Waals surface area (Å²) in [5.41, 5.74) is 3.61. The van der Waals surface area contributed by atoms with E-state index in [0.29, 0.717) is 23.6 Å². The molecule has 1 amide bonds. The minimum atomic E-state index is -0.274. The molecule has 0 saturated heterocycles. The normalized spacial score (nSPS) is 11.2. The van der Waals surface area contributed by atoms with Gasteiger partial charge < -0.3 is 9.84 Å². The van der Waals surface area contributed by atoms with Crippen LogP contribution in [-0.2, 0) is 11.2 Å². The third kappa shape index (κ3) is 4.36. The second kappa shape index (κ2) is 7.80. The van der Waals surface area contributed by atoms with Crippen molar-refractivity contribution in [3.05, 3.63) is 47.2 Å². The molecular formula is C17H18N4O3S. The van der Waals surface area contributed by atoms with Crippen LogP contribution in [0.3, 0.4) is 0 Å². The Kier molecular flexibility index (Phi) is 5.30. The van der Waals surface area contributed by atoms with Gasteiger partial charge in [0.25, 0.3) is 0 Å². The lowest BCUT2D eigenvalue weighted by Gasteiger charge is -2.06. The molecule has 2 aromatic heterocycles. The summed E-state index contributed by atoms with van der Waals surface area (Å²) in [6.45, 7) is 2.60. The number of imidazole rings is 1. The number of phenols is 1. The minimum absolute atomic E-state index is 0.0425. The van der Waals surface area contributed by atoms with E-state index >= 15 is 0 Å². The number of amides is 1.